The van der Waals surface area contributed by atoms with E-state index >= 15 is 0 Å². The molecular formula is C16H14N4. The number of aromatic nitrogens is 2. The van der Waals surface area contributed by atoms with Crippen LogP contribution in [0.15, 0.2) is 59.9 Å². The van der Waals surface area contributed by atoms with Crippen LogP contribution in [0, 0.1) is 0 Å². The molecule has 4 rings (SSSR count). The van der Waals surface area contributed by atoms with Crippen molar-refractivity contribution in [1.82, 2.24) is 9.97 Å². The Kier molecular flexibility index (Phi) is 2.27. The zero-order valence-electron chi connectivity index (χ0n) is 11.1. The third-order valence-electron chi connectivity index (χ3n) is 3.99. The van der Waals surface area contributed by atoms with Gasteiger partial charge in [0, 0.05) is 24.2 Å². The van der Waals surface area contributed by atoms with Gasteiger partial charge in [-0.05, 0) is 31.2 Å². The van der Waals surface area contributed by atoms with Gasteiger partial charge in [-0.25, -0.2) is 9.97 Å². The number of fused-ring (bicyclic) bond motifs is 3. The molecule has 0 aliphatic carbocycles. The van der Waals surface area contributed by atoms with E-state index in [4.69, 9.17) is 0 Å². The molecule has 0 saturated carbocycles. The molecule has 2 aliphatic rings. The second-order valence-corrected chi connectivity index (χ2v) is 5.23. The van der Waals surface area contributed by atoms with Gasteiger partial charge in [-0.1, -0.05) is 18.2 Å². The van der Waals surface area contributed by atoms with Crippen molar-refractivity contribution >= 4 is 17.9 Å². The van der Waals surface area contributed by atoms with Crippen molar-refractivity contribution in [3.8, 4) is 0 Å². The summed E-state index contributed by atoms with van der Waals surface area (Å²) in [4.78, 5) is 15.9. The van der Waals surface area contributed by atoms with E-state index in [2.05, 4.69) is 38.9 Å². The monoisotopic (exact) mass is 262 g/mol. The average molecular weight is 262 g/mol. The minimum absolute atomic E-state index is 0.0678. The van der Waals surface area contributed by atoms with Crippen LogP contribution in [0.3, 0.4) is 0 Å². The maximum absolute atomic E-state index is 4.66. The Morgan fingerprint density at radius 3 is 2.85 bits per heavy atom. The average Bonchev–Trinajstić information content (AvgIpc) is 2.76. The fourth-order valence-corrected chi connectivity index (χ4v) is 3.09. The number of hydrogen-bond acceptors (Lipinski definition) is 4. The quantitative estimate of drug-likeness (QED) is 0.793. The number of pyridine rings is 2. The normalized spacial score (nSPS) is 26.4. The van der Waals surface area contributed by atoms with Gasteiger partial charge in [0.15, 0.2) is 0 Å². The molecule has 2 aromatic rings. The van der Waals surface area contributed by atoms with Gasteiger partial charge < -0.3 is 0 Å². The van der Waals surface area contributed by atoms with E-state index < -0.39 is 0 Å². The first-order valence-electron chi connectivity index (χ1n) is 6.68. The third kappa shape index (κ3) is 1.39. The molecule has 4 nitrogen and oxygen atoms in total. The van der Waals surface area contributed by atoms with Gasteiger partial charge in [0.25, 0.3) is 0 Å². The van der Waals surface area contributed by atoms with Crippen LogP contribution in [-0.4, -0.2) is 21.7 Å². The summed E-state index contributed by atoms with van der Waals surface area (Å²) in [6, 6.07) is 10.1. The van der Waals surface area contributed by atoms with E-state index in [9.17, 15) is 0 Å². The van der Waals surface area contributed by atoms with Crippen molar-refractivity contribution in [3.05, 3.63) is 60.4 Å². The Morgan fingerprint density at radius 2 is 2.00 bits per heavy atom. The molecule has 4 heteroatoms. The second kappa shape index (κ2) is 4.00. The van der Waals surface area contributed by atoms with Crippen molar-refractivity contribution in [2.24, 2.45) is 4.99 Å². The van der Waals surface area contributed by atoms with E-state index in [1.54, 1.807) is 0 Å². The number of hydrogen-bond donors (Lipinski definition) is 0. The van der Waals surface area contributed by atoms with E-state index in [0.29, 0.717) is 0 Å². The smallest absolute Gasteiger partial charge is 0.140 e. The van der Waals surface area contributed by atoms with Gasteiger partial charge in [0.2, 0.25) is 0 Å². The molecule has 0 spiro atoms. The first kappa shape index (κ1) is 11.3. The molecule has 4 heterocycles. The van der Waals surface area contributed by atoms with Crippen LogP contribution < -0.4 is 4.90 Å². The van der Waals surface area contributed by atoms with Gasteiger partial charge in [-0.15, -0.1) is 0 Å². The SMILES string of the molecule is CC12C=CC=NC1c1cccnc1N2c1ccccn1. The minimum atomic E-state index is -0.250. The summed E-state index contributed by atoms with van der Waals surface area (Å²) in [6.07, 6.45) is 9.68. The summed E-state index contributed by atoms with van der Waals surface area (Å²) >= 11 is 0. The molecule has 0 fully saturated rings. The molecular weight excluding hydrogens is 248 g/mol. The first-order valence-corrected chi connectivity index (χ1v) is 6.68. The number of dihydropyridines is 1. The van der Waals surface area contributed by atoms with Gasteiger partial charge in [-0.2, -0.15) is 0 Å². The predicted molar refractivity (Wildman–Crippen MR) is 79.4 cm³/mol. The number of rotatable bonds is 1. The molecule has 0 saturated heterocycles. The lowest BCUT2D eigenvalue weighted by atomic mass is 9.89. The third-order valence-corrected chi connectivity index (χ3v) is 3.99. The summed E-state index contributed by atoms with van der Waals surface area (Å²) in [6.45, 7) is 2.18. The summed E-state index contributed by atoms with van der Waals surface area (Å²) < 4.78 is 0. The zero-order chi connectivity index (χ0) is 13.6. The van der Waals surface area contributed by atoms with E-state index in [-0.39, 0.29) is 11.6 Å². The Balaban J connectivity index is 1.97. The number of anilines is 2. The highest BCUT2D eigenvalue weighted by molar-refractivity contribution is 5.79. The standard InChI is InChI=1S/C16H14N4/c1-16-8-5-11-18-14(16)12-6-4-10-19-15(12)20(16)13-7-2-3-9-17-13/h2-11,14H,1H3. The maximum Gasteiger partial charge on any atom is 0.140 e. The molecule has 20 heavy (non-hydrogen) atoms. The van der Waals surface area contributed by atoms with Crippen LogP contribution in [0.2, 0.25) is 0 Å². The van der Waals surface area contributed by atoms with Crippen LogP contribution in [0.25, 0.3) is 0 Å². The molecule has 0 aromatic carbocycles. The van der Waals surface area contributed by atoms with Crippen molar-refractivity contribution in [1.29, 1.82) is 0 Å². The van der Waals surface area contributed by atoms with Crippen LogP contribution in [0.4, 0.5) is 11.6 Å². The molecule has 2 aliphatic heterocycles. The van der Waals surface area contributed by atoms with Gasteiger partial charge >= 0.3 is 0 Å². The molecule has 0 amide bonds. The lowest BCUT2D eigenvalue weighted by Crippen LogP contribution is -2.42. The van der Waals surface area contributed by atoms with E-state index in [1.807, 2.05) is 48.9 Å². The summed E-state index contributed by atoms with van der Waals surface area (Å²) in [5.74, 6) is 1.85. The maximum atomic E-state index is 4.66. The lowest BCUT2D eigenvalue weighted by molar-refractivity contribution is 0.491. The topological polar surface area (TPSA) is 41.4 Å². The highest BCUT2D eigenvalue weighted by Crippen LogP contribution is 2.51. The number of allylic oxidation sites excluding steroid dienone is 1. The Morgan fingerprint density at radius 1 is 1.10 bits per heavy atom. The Labute approximate surface area is 117 Å². The van der Waals surface area contributed by atoms with Gasteiger partial charge in [0.05, 0.1) is 5.54 Å². The van der Waals surface area contributed by atoms with Crippen LogP contribution >= 0.6 is 0 Å². The molecule has 98 valence electrons. The summed E-state index contributed by atoms with van der Waals surface area (Å²) in [5, 5.41) is 0. The second-order valence-electron chi connectivity index (χ2n) is 5.23. The molecule has 0 bridgehead atoms. The molecule has 2 atom stereocenters. The predicted octanol–water partition coefficient (Wildman–Crippen LogP) is 3.07. The van der Waals surface area contributed by atoms with Gasteiger partial charge in [-0.3, -0.25) is 9.89 Å². The first-order chi connectivity index (χ1) is 9.81. The van der Waals surface area contributed by atoms with Crippen LogP contribution in [0.1, 0.15) is 18.5 Å². The van der Waals surface area contributed by atoms with Crippen molar-refractivity contribution in [3.63, 3.8) is 0 Å². The van der Waals surface area contributed by atoms with Crippen LogP contribution in [-0.2, 0) is 0 Å². The Hall–Kier alpha value is -2.49. The highest BCUT2D eigenvalue weighted by atomic mass is 15.3. The molecule has 0 radical (unpaired) electrons. The van der Waals surface area contributed by atoms with E-state index in [0.717, 1.165) is 17.2 Å². The van der Waals surface area contributed by atoms with E-state index in [1.165, 1.54) is 0 Å². The zero-order valence-corrected chi connectivity index (χ0v) is 11.1. The fourth-order valence-electron chi connectivity index (χ4n) is 3.09. The van der Waals surface area contributed by atoms with Crippen LogP contribution in [0.5, 0.6) is 0 Å². The molecule has 2 aromatic heterocycles. The lowest BCUT2D eigenvalue weighted by Gasteiger charge is -2.36. The largest absolute Gasteiger partial charge is 0.299 e. The number of aliphatic imine (C=N–C) groups is 1. The van der Waals surface area contributed by atoms with Gasteiger partial charge in [0.1, 0.15) is 17.7 Å². The van der Waals surface area contributed by atoms with Crippen molar-refractivity contribution in [2.45, 2.75) is 18.5 Å². The summed E-state index contributed by atoms with van der Waals surface area (Å²) in [5.41, 5.74) is 0.904. The Bertz CT molecular complexity index is 707. The van der Waals surface area contributed by atoms with Crippen molar-refractivity contribution in [2.75, 3.05) is 4.90 Å². The minimum Gasteiger partial charge on any atom is -0.299 e. The highest BCUT2D eigenvalue weighted by Gasteiger charge is 2.49. The fraction of sp³-hybridized carbons (Fsp3) is 0.188. The van der Waals surface area contributed by atoms with Crippen molar-refractivity contribution < 1.29 is 0 Å². The summed E-state index contributed by atoms with van der Waals surface area (Å²) in [7, 11) is 0. The molecule has 2 unspecified atom stereocenters. The number of nitrogens with zero attached hydrogens (tertiary/aromatic N) is 4. The molecule has 0 N–H and O–H groups in total.